The van der Waals surface area contributed by atoms with Crippen molar-refractivity contribution < 1.29 is 39.5 Å². The van der Waals surface area contributed by atoms with E-state index in [1.54, 1.807) is 0 Å². The van der Waals surface area contributed by atoms with Gasteiger partial charge in [-0.1, -0.05) is 0 Å². The van der Waals surface area contributed by atoms with Crippen molar-refractivity contribution in [1.29, 1.82) is 0 Å². The van der Waals surface area contributed by atoms with E-state index >= 15 is 0 Å². The first-order valence-electron chi connectivity index (χ1n) is 4.87. The fraction of sp³-hybridized carbons (Fsp3) is 0.400. The molecule has 2 N–H and O–H groups in total. The monoisotopic (exact) mass is 311 g/mol. The van der Waals surface area contributed by atoms with Gasteiger partial charge in [-0.25, -0.2) is 0 Å². The second kappa shape index (κ2) is 4.83. The van der Waals surface area contributed by atoms with Crippen LogP contribution in [-0.4, -0.2) is 0 Å². The molecule has 0 fully saturated rings. The molecule has 0 heterocycles. The summed E-state index contributed by atoms with van der Waals surface area (Å²) in [4.78, 5) is 0. The predicted octanol–water partition coefficient (Wildman–Crippen LogP) is 4.20. The molecule has 1 nitrogen and oxygen atoms in total. The fourth-order valence-electron chi connectivity index (χ4n) is 1.57. The van der Waals surface area contributed by atoms with E-state index in [-0.39, 0.29) is 12.1 Å². The zero-order valence-corrected chi connectivity index (χ0v) is 9.34. The lowest BCUT2D eigenvalue weighted by Crippen LogP contribution is -2.24. The number of rotatable bonds is 1. The van der Waals surface area contributed by atoms with Crippen LogP contribution in [0.2, 0.25) is 0 Å². The van der Waals surface area contributed by atoms with Crippen molar-refractivity contribution in [2.24, 2.45) is 5.73 Å². The Morgan fingerprint density at radius 2 is 1.05 bits per heavy atom. The van der Waals surface area contributed by atoms with Crippen LogP contribution in [-0.2, 0) is 25.1 Å². The highest BCUT2D eigenvalue weighted by molar-refractivity contribution is 5.44. The summed E-state index contributed by atoms with van der Waals surface area (Å²) in [5.41, 5.74) is -3.34. The van der Waals surface area contributed by atoms with Gasteiger partial charge >= 0.3 is 18.5 Å². The standard InChI is InChI=1S/C10H6F9N/c11-8(12,13)5-1-4(3-20)2-6(9(14,15)16)7(5)10(17,18)19/h1-2H,3,20H2. The molecule has 1 aromatic carbocycles. The Labute approximate surface area is 106 Å². The number of benzene rings is 1. The zero-order chi connectivity index (χ0) is 15.9. The molecule has 0 saturated carbocycles. The van der Waals surface area contributed by atoms with E-state index in [2.05, 4.69) is 0 Å². The Kier molecular flexibility index (Phi) is 4.01. The van der Waals surface area contributed by atoms with Gasteiger partial charge in [0.05, 0.1) is 16.7 Å². The molecule has 0 radical (unpaired) electrons. The molecule has 0 unspecified atom stereocenters. The van der Waals surface area contributed by atoms with E-state index < -0.39 is 47.3 Å². The minimum absolute atomic E-state index is 0.0297. The first-order chi connectivity index (χ1) is 8.78. The highest BCUT2D eigenvalue weighted by atomic mass is 19.4. The van der Waals surface area contributed by atoms with Gasteiger partial charge in [-0.15, -0.1) is 0 Å². The Hall–Kier alpha value is -1.45. The largest absolute Gasteiger partial charge is 0.417 e. The predicted molar refractivity (Wildman–Crippen MR) is 49.3 cm³/mol. The summed E-state index contributed by atoms with van der Waals surface area (Å²) in [6, 6.07) is -0.0594. The maximum absolute atomic E-state index is 12.6. The van der Waals surface area contributed by atoms with Crippen molar-refractivity contribution in [3.05, 3.63) is 34.4 Å². The molecular weight excluding hydrogens is 305 g/mol. The molecule has 0 amide bonds. The Morgan fingerprint density at radius 1 is 0.700 bits per heavy atom. The number of halogens is 9. The third kappa shape index (κ3) is 3.35. The van der Waals surface area contributed by atoms with Crippen LogP contribution < -0.4 is 5.73 Å². The molecule has 0 spiro atoms. The molecule has 0 atom stereocenters. The van der Waals surface area contributed by atoms with Crippen LogP contribution in [0.3, 0.4) is 0 Å². The van der Waals surface area contributed by atoms with E-state index in [0.29, 0.717) is 0 Å². The SMILES string of the molecule is NCc1cc(C(F)(F)F)c(C(F)(F)F)c(C(F)(F)F)c1. The summed E-state index contributed by atoms with van der Waals surface area (Å²) in [7, 11) is 0. The first-order valence-corrected chi connectivity index (χ1v) is 4.87. The van der Waals surface area contributed by atoms with E-state index in [1.165, 1.54) is 0 Å². The quantitative estimate of drug-likeness (QED) is 0.773. The van der Waals surface area contributed by atoms with E-state index in [0.717, 1.165) is 0 Å². The summed E-state index contributed by atoms with van der Waals surface area (Å²) in [6.45, 7) is -0.760. The molecular formula is C10H6F9N. The van der Waals surface area contributed by atoms with Crippen molar-refractivity contribution in [3.63, 3.8) is 0 Å². The Bertz CT molecular complexity index is 460. The van der Waals surface area contributed by atoms with Crippen molar-refractivity contribution >= 4 is 0 Å². The zero-order valence-electron chi connectivity index (χ0n) is 9.34. The Morgan fingerprint density at radius 3 is 1.25 bits per heavy atom. The van der Waals surface area contributed by atoms with Crippen LogP contribution in [0.5, 0.6) is 0 Å². The third-order valence-electron chi connectivity index (χ3n) is 2.33. The van der Waals surface area contributed by atoms with Crippen molar-refractivity contribution in [2.75, 3.05) is 0 Å². The normalized spacial score (nSPS) is 13.7. The minimum atomic E-state index is -5.80. The van der Waals surface area contributed by atoms with Crippen LogP contribution in [0, 0.1) is 0 Å². The van der Waals surface area contributed by atoms with E-state index in [1.807, 2.05) is 0 Å². The molecule has 20 heavy (non-hydrogen) atoms. The maximum atomic E-state index is 12.6. The van der Waals surface area contributed by atoms with Crippen LogP contribution >= 0.6 is 0 Å². The van der Waals surface area contributed by atoms with Gasteiger partial charge in [0.15, 0.2) is 0 Å². The highest BCUT2D eigenvalue weighted by Crippen LogP contribution is 2.47. The fourth-order valence-corrected chi connectivity index (χ4v) is 1.57. The van der Waals surface area contributed by atoms with Crippen LogP contribution in [0.4, 0.5) is 39.5 Å². The van der Waals surface area contributed by atoms with Crippen LogP contribution in [0.15, 0.2) is 12.1 Å². The topological polar surface area (TPSA) is 26.0 Å². The molecule has 0 saturated heterocycles. The summed E-state index contributed by atoms with van der Waals surface area (Å²) < 4.78 is 113. The van der Waals surface area contributed by atoms with Crippen LogP contribution in [0.1, 0.15) is 22.3 Å². The molecule has 0 aliphatic heterocycles. The molecule has 0 aromatic heterocycles. The molecule has 1 aromatic rings. The maximum Gasteiger partial charge on any atom is 0.417 e. The highest BCUT2D eigenvalue weighted by Gasteiger charge is 2.50. The summed E-state index contributed by atoms with van der Waals surface area (Å²) in [5, 5.41) is 0. The van der Waals surface area contributed by atoms with E-state index in [4.69, 9.17) is 5.73 Å². The first kappa shape index (κ1) is 16.6. The minimum Gasteiger partial charge on any atom is -0.326 e. The Balaban J connectivity index is 3.83. The number of hydrogen-bond acceptors (Lipinski definition) is 1. The van der Waals surface area contributed by atoms with Crippen LogP contribution in [0.25, 0.3) is 0 Å². The second-order valence-electron chi connectivity index (χ2n) is 3.76. The van der Waals surface area contributed by atoms with Crippen molar-refractivity contribution in [2.45, 2.75) is 25.1 Å². The number of nitrogens with two attached hydrogens (primary N) is 1. The number of hydrogen-bond donors (Lipinski definition) is 1. The summed E-state index contributed by atoms with van der Waals surface area (Å²) >= 11 is 0. The van der Waals surface area contributed by atoms with Gasteiger partial charge in [0.25, 0.3) is 0 Å². The van der Waals surface area contributed by atoms with Crippen molar-refractivity contribution in [1.82, 2.24) is 0 Å². The van der Waals surface area contributed by atoms with Gasteiger partial charge in [0, 0.05) is 6.54 Å². The molecule has 114 valence electrons. The van der Waals surface area contributed by atoms with Gasteiger partial charge in [-0.3, -0.25) is 0 Å². The second-order valence-corrected chi connectivity index (χ2v) is 3.76. The molecule has 0 bridgehead atoms. The lowest BCUT2D eigenvalue weighted by molar-refractivity contribution is -0.174. The van der Waals surface area contributed by atoms with E-state index in [9.17, 15) is 39.5 Å². The lowest BCUT2D eigenvalue weighted by Gasteiger charge is -2.21. The van der Waals surface area contributed by atoms with Gasteiger partial charge < -0.3 is 5.73 Å². The summed E-state index contributed by atoms with van der Waals surface area (Å²) in [5.74, 6) is 0. The van der Waals surface area contributed by atoms with Gasteiger partial charge in [0.1, 0.15) is 0 Å². The molecule has 0 aliphatic carbocycles. The average molecular weight is 311 g/mol. The van der Waals surface area contributed by atoms with Gasteiger partial charge in [-0.2, -0.15) is 39.5 Å². The average Bonchev–Trinajstić information content (AvgIpc) is 2.23. The van der Waals surface area contributed by atoms with Gasteiger partial charge in [0.2, 0.25) is 0 Å². The lowest BCUT2D eigenvalue weighted by atomic mass is 9.96. The molecule has 0 aliphatic rings. The molecule has 1 rings (SSSR count). The third-order valence-corrected chi connectivity index (χ3v) is 2.33. The summed E-state index contributed by atoms with van der Waals surface area (Å²) in [6.07, 6.45) is -17.0. The smallest absolute Gasteiger partial charge is 0.326 e. The van der Waals surface area contributed by atoms with Gasteiger partial charge in [-0.05, 0) is 17.7 Å². The van der Waals surface area contributed by atoms with Crippen molar-refractivity contribution in [3.8, 4) is 0 Å². The molecule has 10 heteroatoms. The number of alkyl halides is 9.